The molecule has 1 heterocycles. The van der Waals surface area contributed by atoms with E-state index in [1.54, 1.807) is 0 Å². The Bertz CT molecular complexity index is 561. The molecular formula is C17H24N2O2. The highest BCUT2D eigenvalue weighted by atomic mass is 16.5. The fourth-order valence-corrected chi connectivity index (χ4v) is 2.36. The molecule has 0 aliphatic rings. The fraction of sp³-hybridized carbons (Fsp3) is 0.471. The van der Waals surface area contributed by atoms with Crippen LogP contribution in [0.5, 0.6) is 5.75 Å². The van der Waals surface area contributed by atoms with Crippen LogP contribution in [0, 0.1) is 6.92 Å². The van der Waals surface area contributed by atoms with E-state index in [4.69, 9.17) is 4.74 Å². The summed E-state index contributed by atoms with van der Waals surface area (Å²) < 4.78 is 7.49. The molecule has 1 N–H and O–H groups in total. The van der Waals surface area contributed by atoms with Crippen LogP contribution in [0.4, 0.5) is 0 Å². The van der Waals surface area contributed by atoms with Gasteiger partial charge in [0.05, 0.1) is 18.4 Å². The zero-order valence-electron chi connectivity index (χ0n) is 13.0. The molecule has 1 atom stereocenters. The lowest BCUT2D eigenvalue weighted by atomic mass is 10.0. The standard InChI is InChI=1S/C17H24N2O2/c1-4-10-21-16-8-6-14(7-9-16)17(20)12-15-11-13(3)18-19(15)5-2/h6-9,11,17,20H,4-5,10,12H2,1-3H3. The maximum atomic E-state index is 10.4. The molecule has 114 valence electrons. The molecule has 0 aliphatic heterocycles. The summed E-state index contributed by atoms with van der Waals surface area (Å²) in [5.74, 6) is 0.849. The highest BCUT2D eigenvalue weighted by molar-refractivity contribution is 5.29. The Kier molecular flexibility index (Phi) is 5.39. The molecule has 0 saturated carbocycles. The van der Waals surface area contributed by atoms with Gasteiger partial charge in [-0.25, -0.2) is 0 Å². The van der Waals surface area contributed by atoms with Gasteiger partial charge in [-0.15, -0.1) is 0 Å². The van der Waals surface area contributed by atoms with Crippen LogP contribution in [0.25, 0.3) is 0 Å². The summed E-state index contributed by atoms with van der Waals surface area (Å²) in [7, 11) is 0. The average Bonchev–Trinajstić information content (AvgIpc) is 2.85. The topological polar surface area (TPSA) is 47.3 Å². The molecule has 0 amide bonds. The van der Waals surface area contributed by atoms with E-state index >= 15 is 0 Å². The van der Waals surface area contributed by atoms with Crippen LogP contribution in [-0.2, 0) is 13.0 Å². The van der Waals surface area contributed by atoms with Crippen LogP contribution in [0.2, 0.25) is 0 Å². The Morgan fingerprint density at radius 3 is 2.57 bits per heavy atom. The number of aryl methyl sites for hydroxylation is 2. The summed E-state index contributed by atoms with van der Waals surface area (Å²) in [5, 5.41) is 14.8. The predicted octanol–water partition coefficient (Wildman–Crippen LogP) is 3.28. The third-order valence-corrected chi connectivity index (χ3v) is 3.43. The quantitative estimate of drug-likeness (QED) is 0.850. The number of hydrogen-bond donors (Lipinski definition) is 1. The van der Waals surface area contributed by atoms with E-state index in [1.165, 1.54) is 0 Å². The van der Waals surface area contributed by atoms with Crippen LogP contribution in [0.1, 0.15) is 43.3 Å². The van der Waals surface area contributed by atoms with Gasteiger partial charge in [-0.1, -0.05) is 19.1 Å². The first-order valence-corrected chi connectivity index (χ1v) is 7.58. The molecular weight excluding hydrogens is 264 g/mol. The van der Waals surface area contributed by atoms with Crippen molar-refractivity contribution in [3.8, 4) is 5.75 Å². The summed E-state index contributed by atoms with van der Waals surface area (Å²) in [6.07, 6.45) is 1.04. The van der Waals surface area contributed by atoms with Gasteiger partial charge in [-0.3, -0.25) is 4.68 Å². The zero-order valence-corrected chi connectivity index (χ0v) is 13.0. The van der Waals surface area contributed by atoms with Crippen LogP contribution in [-0.4, -0.2) is 21.5 Å². The molecule has 4 nitrogen and oxygen atoms in total. The van der Waals surface area contributed by atoms with Crippen LogP contribution in [0.3, 0.4) is 0 Å². The van der Waals surface area contributed by atoms with Crippen LogP contribution in [0.15, 0.2) is 30.3 Å². The monoisotopic (exact) mass is 288 g/mol. The van der Waals surface area contributed by atoms with E-state index in [2.05, 4.69) is 18.9 Å². The number of benzene rings is 1. The number of nitrogens with zero attached hydrogens (tertiary/aromatic N) is 2. The molecule has 1 unspecified atom stereocenters. The molecule has 0 saturated heterocycles. The van der Waals surface area contributed by atoms with Crippen molar-refractivity contribution in [3.63, 3.8) is 0 Å². The van der Waals surface area contributed by atoms with Gasteiger partial charge < -0.3 is 9.84 Å². The summed E-state index contributed by atoms with van der Waals surface area (Å²) in [5.41, 5.74) is 2.96. The largest absolute Gasteiger partial charge is 0.494 e. The van der Waals surface area contributed by atoms with Crippen LogP contribution < -0.4 is 4.74 Å². The lowest BCUT2D eigenvalue weighted by Crippen LogP contribution is -2.08. The van der Waals surface area contributed by atoms with Crippen LogP contribution >= 0.6 is 0 Å². The van der Waals surface area contributed by atoms with Crippen molar-refractivity contribution in [3.05, 3.63) is 47.3 Å². The Balaban J connectivity index is 2.04. The number of aliphatic hydroxyl groups excluding tert-OH is 1. The van der Waals surface area contributed by atoms with Gasteiger partial charge in [0.1, 0.15) is 5.75 Å². The number of rotatable bonds is 7. The summed E-state index contributed by atoms with van der Waals surface area (Å²) >= 11 is 0. The molecule has 2 aromatic rings. The number of ether oxygens (including phenoxy) is 1. The minimum absolute atomic E-state index is 0.522. The van der Waals surface area contributed by atoms with Crippen molar-refractivity contribution in [1.82, 2.24) is 9.78 Å². The van der Waals surface area contributed by atoms with Crippen molar-refractivity contribution in [2.45, 2.75) is 46.3 Å². The summed E-state index contributed by atoms with van der Waals surface area (Å²) in [6.45, 7) is 7.65. The molecule has 2 rings (SSSR count). The second kappa shape index (κ2) is 7.27. The van der Waals surface area contributed by atoms with E-state index in [0.29, 0.717) is 6.42 Å². The summed E-state index contributed by atoms with van der Waals surface area (Å²) in [6, 6.07) is 9.71. The average molecular weight is 288 g/mol. The minimum Gasteiger partial charge on any atom is -0.494 e. The van der Waals surface area contributed by atoms with Crippen molar-refractivity contribution < 1.29 is 9.84 Å². The SMILES string of the molecule is CCCOc1ccc(C(O)Cc2cc(C)nn2CC)cc1. The third kappa shape index (κ3) is 4.08. The van der Waals surface area contributed by atoms with Crippen molar-refractivity contribution >= 4 is 0 Å². The molecule has 21 heavy (non-hydrogen) atoms. The lowest BCUT2D eigenvalue weighted by molar-refractivity contribution is 0.175. The predicted molar refractivity (Wildman–Crippen MR) is 83.5 cm³/mol. The van der Waals surface area contributed by atoms with E-state index in [9.17, 15) is 5.11 Å². The van der Waals surface area contributed by atoms with Gasteiger partial charge >= 0.3 is 0 Å². The maximum absolute atomic E-state index is 10.4. The Labute approximate surface area is 126 Å². The van der Waals surface area contributed by atoms with Gasteiger partial charge in [0.2, 0.25) is 0 Å². The first-order chi connectivity index (χ1) is 10.1. The Hall–Kier alpha value is -1.81. The fourth-order valence-electron chi connectivity index (χ4n) is 2.36. The Morgan fingerprint density at radius 2 is 1.95 bits per heavy atom. The molecule has 4 heteroatoms. The zero-order chi connectivity index (χ0) is 15.2. The highest BCUT2D eigenvalue weighted by Crippen LogP contribution is 2.21. The lowest BCUT2D eigenvalue weighted by Gasteiger charge is -2.13. The number of hydrogen-bond acceptors (Lipinski definition) is 3. The van der Waals surface area contributed by atoms with Gasteiger partial charge in [-0.2, -0.15) is 5.10 Å². The third-order valence-electron chi connectivity index (χ3n) is 3.43. The smallest absolute Gasteiger partial charge is 0.119 e. The number of aromatic nitrogens is 2. The molecule has 0 spiro atoms. The normalized spacial score (nSPS) is 12.4. The first kappa shape index (κ1) is 15.6. The second-order valence-corrected chi connectivity index (χ2v) is 5.23. The molecule has 1 aromatic heterocycles. The van der Waals surface area contributed by atoms with E-state index in [-0.39, 0.29) is 0 Å². The molecule has 1 aromatic carbocycles. The number of aliphatic hydroxyl groups is 1. The van der Waals surface area contributed by atoms with Gasteiger partial charge in [0, 0.05) is 18.7 Å². The van der Waals surface area contributed by atoms with Gasteiger partial charge in [-0.05, 0) is 44.0 Å². The van der Waals surface area contributed by atoms with Crippen molar-refractivity contribution in [1.29, 1.82) is 0 Å². The first-order valence-electron chi connectivity index (χ1n) is 7.58. The molecule has 0 aliphatic carbocycles. The van der Waals surface area contributed by atoms with Gasteiger partial charge in [0.15, 0.2) is 0 Å². The van der Waals surface area contributed by atoms with E-state index in [1.807, 2.05) is 41.9 Å². The molecule has 0 bridgehead atoms. The summed E-state index contributed by atoms with van der Waals surface area (Å²) in [4.78, 5) is 0. The van der Waals surface area contributed by atoms with Crippen molar-refractivity contribution in [2.24, 2.45) is 0 Å². The van der Waals surface area contributed by atoms with Crippen molar-refractivity contribution in [2.75, 3.05) is 6.61 Å². The Morgan fingerprint density at radius 1 is 1.24 bits per heavy atom. The molecule has 0 radical (unpaired) electrons. The van der Waals surface area contributed by atoms with E-state index < -0.39 is 6.10 Å². The highest BCUT2D eigenvalue weighted by Gasteiger charge is 2.13. The maximum Gasteiger partial charge on any atom is 0.119 e. The minimum atomic E-state index is -0.522. The van der Waals surface area contributed by atoms with Gasteiger partial charge in [0.25, 0.3) is 0 Å². The second-order valence-electron chi connectivity index (χ2n) is 5.23. The van der Waals surface area contributed by atoms with E-state index in [0.717, 1.165) is 42.3 Å². The molecule has 0 fully saturated rings.